The standard InChI is InChI=1S/C26H40O6/c1-5-31-23(30)10-11-32-22-14-25(3)16(12-20(22)28)6-7-17-19-9-8-18(15(2)27)26(19,4)13-21(29)24(17)25/h16-20,22,24,28H,5-14H2,1-4H3/t16-,17-,18+,19-,20-,22-,24+,25-,26+/m0/s1. The van der Waals surface area contributed by atoms with Crippen molar-refractivity contribution in [2.24, 2.45) is 40.4 Å². The zero-order valence-electron chi connectivity index (χ0n) is 20.1. The van der Waals surface area contributed by atoms with Crippen LogP contribution in [0.1, 0.15) is 79.1 Å². The first-order valence-electron chi connectivity index (χ1n) is 12.6. The lowest BCUT2D eigenvalue weighted by atomic mass is 9.44. The number of ether oxygens (including phenoxy) is 2. The molecule has 0 amide bonds. The summed E-state index contributed by atoms with van der Waals surface area (Å²) >= 11 is 0. The quantitative estimate of drug-likeness (QED) is 0.623. The zero-order chi connectivity index (χ0) is 23.3. The van der Waals surface area contributed by atoms with Crippen molar-refractivity contribution in [3.63, 3.8) is 0 Å². The van der Waals surface area contributed by atoms with Crippen LogP contribution in [-0.2, 0) is 23.9 Å². The molecule has 0 bridgehead atoms. The van der Waals surface area contributed by atoms with Crippen molar-refractivity contribution >= 4 is 17.5 Å². The van der Waals surface area contributed by atoms with Gasteiger partial charge in [0, 0.05) is 18.3 Å². The van der Waals surface area contributed by atoms with Gasteiger partial charge in [0.05, 0.1) is 31.8 Å². The fourth-order valence-electron chi connectivity index (χ4n) is 8.44. The van der Waals surface area contributed by atoms with Gasteiger partial charge in [-0.25, -0.2) is 0 Å². The molecule has 0 aromatic carbocycles. The molecule has 1 N–H and O–H groups in total. The van der Waals surface area contributed by atoms with E-state index in [2.05, 4.69) is 13.8 Å². The largest absolute Gasteiger partial charge is 0.466 e. The van der Waals surface area contributed by atoms with Crippen LogP contribution in [0.25, 0.3) is 0 Å². The van der Waals surface area contributed by atoms with Crippen molar-refractivity contribution in [3.8, 4) is 0 Å². The van der Waals surface area contributed by atoms with E-state index in [0.29, 0.717) is 49.4 Å². The summed E-state index contributed by atoms with van der Waals surface area (Å²) in [6.07, 6.45) is 5.03. The molecule has 4 rings (SSSR count). The highest BCUT2D eigenvalue weighted by atomic mass is 16.5. The van der Waals surface area contributed by atoms with Crippen molar-refractivity contribution in [1.29, 1.82) is 0 Å². The maximum absolute atomic E-state index is 13.7. The van der Waals surface area contributed by atoms with E-state index in [1.54, 1.807) is 13.8 Å². The Hall–Kier alpha value is -1.27. The van der Waals surface area contributed by atoms with Crippen LogP contribution in [0.4, 0.5) is 0 Å². The Labute approximate surface area is 191 Å². The maximum Gasteiger partial charge on any atom is 0.308 e. The van der Waals surface area contributed by atoms with E-state index in [4.69, 9.17) is 9.47 Å². The Bertz CT molecular complexity index is 763. The molecule has 180 valence electrons. The van der Waals surface area contributed by atoms with Crippen molar-refractivity contribution in [3.05, 3.63) is 0 Å². The highest BCUT2D eigenvalue weighted by Crippen LogP contribution is 2.66. The summed E-state index contributed by atoms with van der Waals surface area (Å²) in [7, 11) is 0. The molecule has 0 aromatic heterocycles. The second-order valence-corrected chi connectivity index (χ2v) is 11.4. The highest BCUT2D eigenvalue weighted by Gasteiger charge is 2.64. The van der Waals surface area contributed by atoms with Crippen LogP contribution in [-0.4, -0.2) is 48.1 Å². The minimum atomic E-state index is -0.565. The summed E-state index contributed by atoms with van der Waals surface area (Å²) in [5.41, 5.74) is -0.402. The molecule has 4 fully saturated rings. The smallest absolute Gasteiger partial charge is 0.308 e. The topological polar surface area (TPSA) is 89.9 Å². The lowest BCUT2D eigenvalue weighted by Crippen LogP contribution is -2.60. The fourth-order valence-corrected chi connectivity index (χ4v) is 8.44. The van der Waals surface area contributed by atoms with Crippen LogP contribution < -0.4 is 0 Å². The fraction of sp³-hybridized carbons (Fsp3) is 0.885. The summed E-state index contributed by atoms with van der Waals surface area (Å²) in [6.45, 7) is 8.46. The maximum atomic E-state index is 13.7. The molecule has 4 saturated carbocycles. The van der Waals surface area contributed by atoms with Gasteiger partial charge in [0.1, 0.15) is 11.6 Å². The van der Waals surface area contributed by atoms with E-state index in [1.165, 1.54) is 0 Å². The number of aliphatic hydroxyl groups is 1. The lowest BCUT2D eigenvalue weighted by Gasteiger charge is -2.60. The predicted molar refractivity (Wildman–Crippen MR) is 119 cm³/mol. The average Bonchev–Trinajstić information content (AvgIpc) is 3.05. The monoisotopic (exact) mass is 448 g/mol. The van der Waals surface area contributed by atoms with E-state index in [-0.39, 0.29) is 53.6 Å². The van der Waals surface area contributed by atoms with Gasteiger partial charge < -0.3 is 14.6 Å². The molecule has 0 aromatic rings. The van der Waals surface area contributed by atoms with E-state index in [1.807, 2.05) is 0 Å². The second kappa shape index (κ2) is 8.83. The molecule has 0 saturated heterocycles. The van der Waals surface area contributed by atoms with E-state index in [9.17, 15) is 19.5 Å². The van der Waals surface area contributed by atoms with Crippen LogP contribution in [0.3, 0.4) is 0 Å². The molecular formula is C26H40O6. The van der Waals surface area contributed by atoms with Gasteiger partial charge in [-0.05, 0) is 81.0 Å². The summed E-state index contributed by atoms with van der Waals surface area (Å²) in [4.78, 5) is 37.7. The third-order valence-corrected chi connectivity index (χ3v) is 9.78. The Morgan fingerprint density at radius 3 is 2.56 bits per heavy atom. The normalized spacial score (nSPS) is 45.5. The molecule has 0 heterocycles. The van der Waals surface area contributed by atoms with Gasteiger partial charge >= 0.3 is 5.97 Å². The summed E-state index contributed by atoms with van der Waals surface area (Å²) in [6, 6.07) is 0. The van der Waals surface area contributed by atoms with Gasteiger partial charge in [0.15, 0.2) is 0 Å². The number of hydrogen-bond acceptors (Lipinski definition) is 6. The van der Waals surface area contributed by atoms with Gasteiger partial charge in [0.2, 0.25) is 0 Å². The van der Waals surface area contributed by atoms with Crippen molar-refractivity contribution in [1.82, 2.24) is 0 Å². The van der Waals surface area contributed by atoms with Crippen molar-refractivity contribution in [2.45, 2.75) is 91.3 Å². The van der Waals surface area contributed by atoms with Crippen LogP contribution in [0.5, 0.6) is 0 Å². The Morgan fingerprint density at radius 2 is 1.88 bits per heavy atom. The Kier molecular flexibility index (Phi) is 6.58. The van der Waals surface area contributed by atoms with Crippen molar-refractivity contribution in [2.75, 3.05) is 13.2 Å². The first-order valence-corrected chi connectivity index (χ1v) is 12.6. The Morgan fingerprint density at radius 1 is 1.12 bits per heavy atom. The molecule has 6 heteroatoms. The molecule has 9 atom stereocenters. The van der Waals surface area contributed by atoms with E-state index < -0.39 is 6.10 Å². The number of fused-ring (bicyclic) bond motifs is 5. The van der Waals surface area contributed by atoms with Gasteiger partial charge in [-0.3, -0.25) is 14.4 Å². The van der Waals surface area contributed by atoms with Gasteiger partial charge in [0.25, 0.3) is 0 Å². The minimum Gasteiger partial charge on any atom is -0.466 e. The lowest BCUT2D eigenvalue weighted by molar-refractivity contribution is -0.180. The van der Waals surface area contributed by atoms with Gasteiger partial charge in [-0.1, -0.05) is 13.8 Å². The SMILES string of the molecule is CCOC(=O)CCO[C@H]1C[C@@]2(C)[C@@H](CC[C@H]3[C@@H]4CC[C@H](C(C)=O)[C@@]4(C)CC(=O)[C@@H]32)C[C@@H]1O. The number of aliphatic hydroxyl groups excluding tert-OH is 1. The molecule has 0 aliphatic heterocycles. The van der Waals surface area contributed by atoms with Crippen LogP contribution in [0.15, 0.2) is 0 Å². The zero-order valence-corrected chi connectivity index (χ0v) is 20.1. The Balaban J connectivity index is 1.52. The van der Waals surface area contributed by atoms with Gasteiger partial charge in [-0.2, -0.15) is 0 Å². The molecule has 0 spiro atoms. The number of carbonyl (C=O) groups is 3. The van der Waals surface area contributed by atoms with E-state index >= 15 is 0 Å². The van der Waals surface area contributed by atoms with Crippen LogP contribution >= 0.6 is 0 Å². The number of esters is 1. The molecule has 32 heavy (non-hydrogen) atoms. The molecular weight excluding hydrogens is 408 g/mol. The number of Topliss-reactive ketones (excluding diaryl/α,β-unsaturated/α-hetero) is 2. The van der Waals surface area contributed by atoms with Crippen LogP contribution in [0, 0.1) is 40.4 Å². The summed E-state index contributed by atoms with van der Waals surface area (Å²) in [5.74, 6) is 1.30. The second-order valence-electron chi connectivity index (χ2n) is 11.4. The number of ketones is 2. The predicted octanol–water partition coefficient (Wildman–Crippen LogP) is 3.72. The highest BCUT2D eigenvalue weighted by molar-refractivity contribution is 5.87. The van der Waals surface area contributed by atoms with Crippen molar-refractivity contribution < 1.29 is 29.0 Å². The van der Waals surface area contributed by atoms with E-state index in [0.717, 1.165) is 25.7 Å². The molecule has 6 nitrogen and oxygen atoms in total. The third kappa shape index (κ3) is 3.85. The molecule has 0 unspecified atom stereocenters. The van der Waals surface area contributed by atoms with Crippen LogP contribution in [0.2, 0.25) is 0 Å². The third-order valence-electron chi connectivity index (χ3n) is 9.78. The number of rotatable bonds is 6. The number of hydrogen-bond donors (Lipinski definition) is 1. The first kappa shape index (κ1) is 23.9. The summed E-state index contributed by atoms with van der Waals surface area (Å²) < 4.78 is 11.0. The summed E-state index contributed by atoms with van der Waals surface area (Å²) in [5, 5.41) is 10.8. The molecule has 0 radical (unpaired) electrons. The molecule has 4 aliphatic rings. The number of carbonyl (C=O) groups excluding carboxylic acids is 3. The van der Waals surface area contributed by atoms with Gasteiger partial charge in [-0.15, -0.1) is 0 Å². The average molecular weight is 449 g/mol. The minimum absolute atomic E-state index is 0.00932. The first-order chi connectivity index (χ1) is 15.1. The molecule has 4 aliphatic carbocycles.